The van der Waals surface area contributed by atoms with Gasteiger partial charge in [0.1, 0.15) is 4.21 Å². The number of hydrogen-bond donors (Lipinski definition) is 3. The van der Waals surface area contributed by atoms with Gasteiger partial charge in [0.15, 0.2) is 0 Å². The van der Waals surface area contributed by atoms with Gasteiger partial charge in [-0.2, -0.15) is 0 Å². The number of hydrogen-bond acceptors (Lipinski definition) is 5. The zero-order chi connectivity index (χ0) is 16.0. The van der Waals surface area contributed by atoms with Gasteiger partial charge in [-0.25, -0.2) is 13.1 Å². The molecule has 0 radical (unpaired) electrons. The molecule has 4 N–H and O–H groups in total. The fraction of sp³-hybridized carbons (Fsp3) is 0.615. The molecule has 1 unspecified atom stereocenters. The van der Waals surface area contributed by atoms with Crippen molar-refractivity contribution in [2.24, 2.45) is 11.7 Å². The molecule has 21 heavy (non-hydrogen) atoms. The van der Waals surface area contributed by atoms with Crippen LogP contribution in [-0.4, -0.2) is 26.9 Å². The molecular weight excluding hydrogens is 310 g/mol. The minimum Gasteiger partial charge on any atom is -0.351 e. The molecule has 8 heteroatoms. The fourth-order valence-corrected chi connectivity index (χ4v) is 4.42. The minimum absolute atomic E-state index is 0.147. The van der Waals surface area contributed by atoms with Crippen LogP contribution < -0.4 is 15.8 Å². The van der Waals surface area contributed by atoms with E-state index in [9.17, 15) is 13.2 Å². The summed E-state index contributed by atoms with van der Waals surface area (Å²) in [6.45, 7) is 6.06. The van der Waals surface area contributed by atoms with Crippen LogP contribution in [-0.2, 0) is 21.4 Å². The first-order valence-electron chi connectivity index (χ1n) is 6.80. The molecule has 0 aromatic carbocycles. The number of nitrogens with one attached hydrogen (secondary N) is 2. The maximum atomic E-state index is 12.3. The molecule has 1 rings (SSSR count). The highest BCUT2D eigenvalue weighted by molar-refractivity contribution is 7.91. The molecule has 0 saturated carbocycles. The first kappa shape index (κ1) is 18.1. The molecule has 0 saturated heterocycles. The number of nitrogens with two attached hydrogens (primary N) is 1. The summed E-state index contributed by atoms with van der Waals surface area (Å²) in [5, 5.41) is 2.64. The summed E-state index contributed by atoms with van der Waals surface area (Å²) < 4.78 is 27.5. The van der Waals surface area contributed by atoms with E-state index in [0.29, 0.717) is 18.9 Å². The van der Waals surface area contributed by atoms with Gasteiger partial charge >= 0.3 is 0 Å². The monoisotopic (exact) mass is 333 g/mol. The highest BCUT2D eigenvalue weighted by atomic mass is 32.2. The number of rotatable bonds is 8. The summed E-state index contributed by atoms with van der Waals surface area (Å²) in [5.41, 5.74) is 5.62. The third-order valence-corrected chi connectivity index (χ3v) is 5.87. The van der Waals surface area contributed by atoms with Crippen molar-refractivity contribution in [3.63, 3.8) is 0 Å². The SMILES string of the molecule is CC(=O)NCc1ccc(S(=O)(=O)NC(CN)CC(C)C)s1. The average molecular weight is 333 g/mol. The molecule has 1 aromatic heterocycles. The maximum absolute atomic E-state index is 12.3. The Morgan fingerprint density at radius 2 is 2.05 bits per heavy atom. The summed E-state index contributed by atoms with van der Waals surface area (Å²) >= 11 is 1.15. The highest BCUT2D eigenvalue weighted by Gasteiger charge is 2.21. The summed E-state index contributed by atoms with van der Waals surface area (Å²) in [6.07, 6.45) is 0.694. The zero-order valence-electron chi connectivity index (χ0n) is 12.5. The Labute approximate surface area is 130 Å². The van der Waals surface area contributed by atoms with Crippen LogP contribution in [0.4, 0.5) is 0 Å². The van der Waals surface area contributed by atoms with Gasteiger partial charge in [-0.3, -0.25) is 4.79 Å². The predicted octanol–water partition coefficient (Wildman–Crippen LogP) is 1.04. The van der Waals surface area contributed by atoms with Crippen molar-refractivity contribution in [2.45, 2.75) is 44.0 Å². The molecule has 0 aliphatic rings. The lowest BCUT2D eigenvalue weighted by molar-refractivity contribution is -0.119. The van der Waals surface area contributed by atoms with Crippen LogP contribution in [0.3, 0.4) is 0 Å². The maximum Gasteiger partial charge on any atom is 0.250 e. The van der Waals surface area contributed by atoms with E-state index < -0.39 is 10.0 Å². The molecule has 0 fully saturated rings. The summed E-state index contributed by atoms with van der Waals surface area (Å²) in [4.78, 5) is 11.6. The molecule has 120 valence electrons. The Morgan fingerprint density at radius 3 is 2.57 bits per heavy atom. The van der Waals surface area contributed by atoms with Gasteiger partial charge in [0, 0.05) is 24.4 Å². The molecular formula is C13H23N3O3S2. The van der Waals surface area contributed by atoms with E-state index in [-0.39, 0.29) is 22.7 Å². The predicted molar refractivity (Wildman–Crippen MR) is 84.5 cm³/mol. The first-order valence-corrected chi connectivity index (χ1v) is 9.10. The van der Waals surface area contributed by atoms with Gasteiger partial charge in [-0.05, 0) is 24.5 Å². The largest absolute Gasteiger partial charge is 0.351 e. The molecule has 0 bridgehead atoms. The highest BCUT2D eigenvalue weighted by Crippen LogP contribution is 2.22. The lowest BCUT2D eigenvalue weighted by Crippen LogP contribution is -2.40. The van der Waals surface area contributed by atoms with Crippen LogP contribution >= 0.6 is 11.3 Å². The lowest BCUT2D eigenvalue weighted by atomic mass is 10.1. The number of carbonyl (C=O) groups excluding carboxylic acids is 1. The zero-order valence-corrected chi connectivity index (χ0v) is 14.2. The van der Waals surface area contributed by atoms with E-state index in [0.717, 1.165) is 16.2 Å². The Kier molecular flexibility index (Phi) is 6.79. The number of sulfonamides is 1. The standard InChI is InChI=1S/C13H23N3O3S2/c1-9(2)6-11(7-14)16-21(18,19)13-5-4-12(20-13)8-15-10(3)17/h4-5,9,11,16H,6-8,14H2,1-3H3,(H,15,17). The molecule has 1 amide bonds. The van der Waals surface area contributed by atoms with Crippen molar-refractivity contribution in [1.82, 2.24) is 10.0 Å². The first-order chi connectivity index (χ1) is 9.74. The summed E-state index contributed by atoms with van der Waals surface area (Å²) in [7, 11) is -3.56. The van der Waals surface area contributed by atoms with E-state index in [1.54, 1.807) is 12.1 Å². The van der Waals surface area contributed by atoms with E-state index in [1.165, 1.54) is 6.92 Å². The molecule has 0 aliphatic heterocycles. The average Bonchev–Trinajstić information content (AvgIpc) is 2.84. The summed E-state index contributed by atoms with van der Waals surface area (Å²) in [5.74, 6) is 0.214. The smallest absolute Gasteiger partial charge is 0.250 e. The molecule has 0 spiro atoms. The Bertz CT molecular complexity index is 567. The summed E-state index contributed by atoms with van der Waals surface area (Å²) in [6, 6.07) is 2.98. The van der Waals surface area contributed by atoms with E-state index in [4.69, 9.17) is 5.73 Å². The molecule has 1 aromatic rings. The van der Waals surface area contributed by atoms with E-state index in [2.05, 4.69) is 10.0 Å². The van der Waals surface area contributed by atoms with Crippen molar-refractivity contribution in [3.8, 4) is 0 Å². The van der Waals surface area contributed by atoms with Crippen molar-refractivity contribution in [1.29, 1.82) is 0 Å². The van der Waals surface area contributed by atoms with Gasteiger partial charge in [-0.1, -0.05) is 13.8 Å². The molecule has 0 aliphatic carbocycles. The molecule has 1 atom stereocenters. The van der Waals surface area contributed by atoms with Gasteiger partial charge in [0.25, 0.3) is 0 Å². The third kappa shape index (κ3) is 6.13. The minimum atomic E-state index is -3.56. The topological polar surface area (TPSA) is 101 Å². The Hall–Kier alpha value is -0.960. The second kappa shape index (κ2) is 7.88. The second-order valence-corrected chi connectivity index (χ2v) is 8.42. The van der Waals surface area contributed by atoms with Crippen LogP contribution in [0, 0.1) is 5.92 Å². The van der Waals surface area contributed by atoms with Gasteiger partial charge in [-0.15, -0.1) is 11.3 Å². The number of amides is 1. The van der Waals surface area contributed by atoms with Crippen LogP contribution in [0.25, 0.3) is 0 Å². The van der Waals surface area contributed by atoms with E-state index in [1.807, 2.05) is 13.8 Å². The number of carbonyl (C=O) groups is 1. The Morgan fingerprint density at radius 1 is 1.38 bits per heavy atom. The van der Waals surface area contributed by atoms with Crippen molar-refractivity contribution in [2.75, 3.05) is 6.54 Å². The quantitative estimate of drug-likeness (QED) is 0.661. The van der Waals surface area contributed by atoms with Gasteiger partial charge in [0.05, 0.1) is 6.54 Å². The molecule has 6 nitrogen and oxygen atoms in total. The molecule has 1 heterocycles. The van der Waals surface area contributed by atoms with Crippen molar-refractivity contribution in [3.05, 3.63) is 17.0 Å². The number of thiophene rings is 1. The lowest BCUT2D eigenvalue weighted by Gasteiger charge is -2.18. The van der Waals surface area contributed by atoms with Crippen molar-refractivity contribution < 1.29 is 13.2 Å². The second-order valence-electron chi connectivity index (χ2n) is 5.31. The third-order valence-electron chi connectivity index (χ3n) is 2.78. The van der Waals surface area contributed by atoms with Gasteiger partial charge in [0.2, 0.25) is 15.9 Å². The van der Waals surface area contributed by atoms with Crippen LogP contribution in [0.15, 0.2) is 16.3 Å². The van der Waals surface area contributed by atoms with Crippen LogP contribution in [0.2, 0.25) is 0 Å². The van der Waals surface area contributed by atoms with E-state index >= 15 is 0 Å². The fourth-order valence-electron chi connectivity index (χ4n) is 1.85. The van der Waals surface area contributed by atoms with Crippen LogP contribution in [0.5, 0.6) is 0 Å². The van der Waals surface area contributed by atoms with Crippen LogP contribution in [0.1, 0.15) is 32.1 Å². The van der Waals surface area contributed by atoms with Crippen molar-refractivity contribution >= 4 is 27.3 Å². The van der Waals surface area contributed by atoms with Gasteiger partial charge < -0.3 is 11.1 Å². The normalized spacial score (nSPS) is 13.4. The Balaban J connectivity index is 2.75.